The van der Waals surface area contributed by atoms with E-state index in [0.717, 1.165) is 30.8 Å². The lowest BCUT2D eigenvalue weighted by Crippen LogP contribution is -2.57. The Balaban J connectivity index is 1.54. The van der Waals surface area contributed by atoms with E-state index >= 15 is 0 Å². The first kappa shape index (κ1) is 19.4. The van der Waals surface area contributed by atoms with E-state index in [2.05, 4.69) is 107 Å². The highest BCUT2D eigenvalue weighted by molar-refractivity contribution is 9.18. The SMILES string of the molecule is Cc1ccc(C2N=C(Br)C=CC2(C)N2CCN(c3ccc(C)cc3)CC2)cc1. The number of nitrogens with zero attached hydrogens (tertiary/aromatic N) is 3. The summed E-state index contributed by atoms with van der Waals surface area (Å²) in [5, 5.41) is 0. The molecule has 2 aromatic rings. The predicted octanol–water partition coefficient (Wildman–Crippen LogP) is 5.29. The number of halogens is 1. The van der Waals surface area contributed by atoms with Crippen molar-refractivity contribution in [2.75, 3.05) is 31.1 Å². The van der Waals surface area contributed by atoms with E-state index in [1.54, 1.807) is 0 Å². The van der Waals surface area contributed by atoms with Crippen LogP contribution in [0.5, 0.6) is 0 Å². The molecule has 4 heteroatoms. The first-order valence-corrected chi connectivity index (χ1v) is 10.8. The van der Waals surface area contributed by atoms with Crippen LogP contribution in [0.15, 0.2) is 65.7 Å². The maximum Gasteiger partial charge on any atom is 0.101 e. The highest BCUT2D eigenvalue weighted by Crippen LogP contribution is 2.39. The minimum absolute atomic E-state index is 0.0957. The third-order valence-corrected chi connectivity index (χ3v) is 6.59. The molecule has 0 N–H and O–H groups in total. The van der Waals surface area contributed by atoms with Crippen LogP contribution in [0.2, 0.25) is 0 Å². The van der Waals surface area contributed by atoms with Crippen molar-refractivity contribution in [1.82, 2.24) is 4.90 Å². The van der Waals surface area contributed by atoms with E-state index in [4.69, 9.17) is 4.99 Å². The van der Waals surface area contributed by atoms with E-state index in [1.165, 1.54) is 22.4 Å². The fourth-order valence-electron chi connectivity index (χ4n) is 4.27. The number of aliphatic imine (C=N–C) groups is 1. The summed E-state index contributed by atoms with van der Waals surface area (Å²) in [6.07, 6.45) is 4.44. The molecule has 0 spiro atoms. The van der Waals surface area contributed by atoms with E-state index in [9.17, 15) is 0 Å². The van der Waals surface area contributed by atoms with Crippen molar-refractivity contribution in [1.29, 1.82) is 0 Å². The maximum atomic E-state index is 4.99. The molecule has 2 unspecified atom stereocenters. The zero-order chi connectivity index (χ0) is 19.7. The van der Waals surface area contributed by atoms with Crippen LogP contribution in [0.1, 0.15) is 29.7 Å². The van der Waals surface area contributed by atoms with Crippen LogP contribution in [0.3, 0.4) is 0 Å². The normalized spacial score (nSPS) is 25.6. The average Bonchev–Trinajstić information content (AvgIpc) is 2.71. The Kier molecular flexibility index (Phi) is 5.44. The van der Waals surface area contributed by atoms with Crippen molar-refractivity contribution >= 4 is 26.2 Å². The number of piperazine rings is 1. The molecule has 1 saturated heterocycles. The fourth-order valence-corrected chi connectivity index (χ4v) is 4.60. The molecular formula is C24H28BrN3. The van der Waals surface area contributed by atoms with E-state index < -0.39 is 0 Å². The van der Waals surface area contributed by atoms with Gasteiger partial charge in [0.1, 0.15) is 4.62 Å². The van der Waals surface area contributed by atoms with Gasteiger partial charge in [-0.2, -0.15) is 0 Å². The number of benzene rings is 2. The summed E-state index contributed by atoms with van der Waals surface area (Å²) in [6, 6.07) is 17.8. The molecule has 0 aliphatic carbocycles. The molecule has 1 fully saturated rings. The van der Waals surface area contributed by atoms with Crippen molar-refractivity contribution < 1.29 is 0 Å². The summed E-state index contributed by atoms with van der Waals surface area (Å²) in [5.74, 6) is 0. The Hall–Kier alpha value is -1.91. The monoisotopic (exact) mass is 437 g/mol. The van der Waals surface area contributed by atoms with Gasteiger partial charge in [-0.3, -0.25) is 9.89 Å². The van der Waals surface area contributed by atoms with Gasteiger partial charge in [0.15, 0.2) is 0 Å². The minimum Gasteiger partial charge on any atom is -0.369 e. The second kappa shape index (κ2) is 7.84. The molecule has 0 radical (unpaired) electrons. The highest BCUT2D eigenvalue weighted by Gasteiger charge is 2.41. The van der Waals surface area contributed by atoms with Gasteiger partial charge in [-0.25, -0.2) is 0 Å². The lowest BCUT2D eigenvalue weighted by molar-refractivity contribution is 0.112. The molecule has 0 bridgehead atoms. The van der Waals surface area contributed by atoms with E-state index in [1.807, 2.05) is 0 Å². The molecule has 0 saturated carbocycles. The highest BCUT2D eigenvalue weighted by atomic mass is 79.9. The third-order valence-electron chi connectivity index (χ3n) is 6.12. The minimum atomic E-state index is -0.119. The van der Waals surface area contributed by atoms with Crippen molar-refractivity contribution in [3.8, 4) is 0 Å². The smallest absolute Gasteiger partial charge is 0.101 e. The number of hydrogen-bond acceptors (Lipinski definition) is 3. The van der Waals surface area contributed by atoms with Crippen molar-refractivity contribution in [2.45, 2.75) is 32.4 Å². The van der Waals surface area contributed by atoms with Crippen LogP contribution in [0.4, 0.5) is 5.69 Å². The van der Waals surface area contributed by atoms with Crippen LogP contribution in [0.25, 0.3) is 0 Å². The first-order valence-electron chi connectivity index (χ1n) is 10.0. The van der Waals surface area contributed by atoms with Gasteiger partial charge in [-0.15, -0.1) is 0 Å². The summed E-state index contributed by atoms with van der Waals surface area (Å²) >= 11 is 3.60. The standard InChI is InChI=1S/C24H28BrN3/c1-18-4-8-20(9-5-18)23-24(3,13-12-22(25)26-23)28-16-14-27(15-17-28)21-10-6-19(2)7-11-21/h4-13,23H,14-17H2,1-3H3. The molecule has 2 aliphatic rings. The fraction of sp³-hybridized carbons (Fsp3) is 0.375. The van der Waals surface area contributed by atoms with Gasteiger partial charge in [0, 0.05) is 31.9 Å². The number of anilines is 1. The third kappa shape index (κ3) is 3.81. The summed E-state index contributed by atoms with van der Waals surface area (Å²) in [6.45, 7) is 10.7. The quantitative estimate of drug-likeness (QED) is 0.649. The topological polar surface area (TPSA) is 18.8 Å². The van der Waals surface area contributed by atoms with Gasteiger partial charge in [-0.1, -0.05) is 53.6 Å². The lowest BCUT2D eigenvalue weighted by atomic mass is 9.83. The molecule has 4 rings (SSSR count). The summed E-state index contributed by atoms with van der Waals surface area (Å²) in [4.78, 5) is 10.1. The molecule has 2 aromatic carbocycles. The zero-order valence-corrected chi connectivity index (χ0v) is 18.5. The Labute approximate surface area is 176 Å². The van der Waals surface area contributed by atoms with Gasteiger partial charge >= 0.3 is 0 Å². The largest absolute Gasteiger partial charge is 0.369 e. The number of aryl methyl sites for hydroxylation is 2. The maximum absolute atomic E-state index is 4.99. The first-order chi connectivity index (χ1) is 13.5. The van der Waals surface area contributed by atoms with Crippen LogP contribution in [0, 0.1) is 13.8 Å². The number of allylic oxidation sites excluding steroid dienone is 1. The van der Waals surface area contributed by atoms with Crippen molar-refractivity contribution in [3.63, 3.8) is 0 Å². The van der Waals surface area contributed by atoms with E-state index in [0.29, 0.717) is 0 Å². The van der Waals surface area contributed by atoms with Crippen LogP contribution in [-0.2, 0) is 0 Å². The molecule has 2 heterocycles. The second-order valence-corrected chi connectivity index (χ2v) is 8.95. The predicted molar refractivity (Wildman–Crippen MR) is 123 cm³/mol. The summed E-state index contributed by atoms with van der Waals surface area (Å²) < 4.78 is 0.925. The van der Waals surface area contributed by atoms with Gasteiger partial charge in [0.05, 0.1) is 11.6 Å². The Morgan fingerprint density at radius 2 is 1.46 bits per heavy atom. The number of rotatable bonds is 3. The molecule has 2 atom stereocenters. The van der Waals surface area contributed by atoms with E-state index in [-0.39, 0.29) is 11.6 Å². The molecular weight excluding hydrogens is 410 g/mol. The van der Waals surface area contributed by atoms with Crippen LogP contribution < -0.4 is 4.90 Å². The molecule has 146 valence electrons. The Morgan fingerprint density at radius 1 is 0.893 bits per heavy atom. The molecule has 2 aliphatic heterocycles. The zero-order valence-electron chi connectivity index (χ0n) is 16.9. The summed E-state index contributed by atoms with van der Waals surface area (Å²) in [5.41, 5.74) is 5.07. The Bertz CT molecular complexity index is 877. The van der Waals surface area contributed by atoms with Crippen molar-refractivity contribution in [2.24, 2.45) is 4.99 Å². The molecule has 0 amide bonds. The summed E-state index contributed by atoms with van der Waals surface area (Å²) in [7, 11) is 0. The second-order valence-electron chi connectivity index (χ2n) is 8.13. The molecule has 3 nitrogen and oxygen atoms in total. The lowest BCUT2D eigenvalue weighted by Gasteiger charge is -2.48. The molecule has 28 heavy (non-hydrogen) atoms. The van der Waals surface area contributed by atoms with Crippen molar-refractivity contribution in [3.05, 3.63) is 77.4 Å². The van der Waals surface area contributed by atoms with Gasteiger partial charge in [-0.05, 0) is 60.5 Å². The molecule has 0 aromatic heterocycles. The van der Waals surface area contributed by atoms with Gasteiger partial charge in [0.25, 0.3) is 0 Å². The Morgan fingerprint density at radius 3 is 2.07 bits per heavy atom. The average molecular weight is 438 g/mol. The van der Waals surface area contributed by atoms with Crippen LogP contribution >= 0.6 is 15.9 Å². The number of hydrogen-bond donors (Lipinski definition) is 0. The number of dihydropyridines is 1. The van der Waals surface area contributed by atoms with Gasteiger partial charge < -0.3 is 4.90 Å². The van der Waals surface area contributed by atoms with Gasteiger partial charge in [0.2, 0.25) is 0 Å². The van der Waals surface area contributed by atoms with Crippen LogP contribution in [-0.4, -0.2) is 41.2 Å².